The van der Waals surface area contributed by atoms with Crippen molar-refractivity contribution >= 4 is 6.09 Å². The monoisotopic (exact) mass is 337 g/mol. The van der Waals surface area contributed by atoms with Crippen LogP contribution in [-0.2, 0) is 4.74 Å². The van der Waals surface area contributed by atoms with Gasteiger partial charge in [0.15, 0.2) is 0 Å². The second kappa shape index (κ2) is 7.61. The zero-order chi connectivity index (χ0) is 17.2. The first kappa shape index (κ1) is 18.0. The summed E-state index contributed by atoms with van der Waals surface area (Å²) in [6.07, 6.45) is 6.70. The van der Waals surface area contributed by atoms with Gasteiger partial charge in [-0.1, -0.05) is 6.42 Å². The molecule has 5 nitrogen and oxygen atoms in total. The van der Waals surface area contributed by atoms with Gasteiger partial charge in [-0.05, 0) is 72.6 Å². The second-order valence-corrected chi connectivity index (χ2v) is 8.88. The van der Waals surface area contributed by atoms with Crippen molar-refractivity contribution in [2.75, 3.05) is 45.8 Å². The predicted octanol–water partition coefficient (Wildman–Crippen LogP) is 2.80. The zero-order valence-corrected chi connectivity index (χ0v) is 15.8. The molecule has 0 spiro atoms. The minimum Gasteiger partial charge on any atom is -0.444 e. The molecule has 0 N–H and O–H groups in total. The average molecular weight is 338 g/mol. The number of ether oxygens (including phenoxy) is 1. The minimum absolute atomic E-state index is 0.150. The van der Waals surface area contributed by atoms with Crippen molar-refractivity contribution in [3.05, 3.63) is 0 Å². The average Bonchev–Trinajstić information content (AvgIpc) is 2.50. The summed E-state index contributed by atoms with van der Waals surface area (Å²) >= 11 is 0. The van der Waals surface area contributed by atoms with Crippen LogP contribution in [0, 0.1) is 5.92 Å². The summed E-state index contributed by atoms with van der Waals surface area (Å²) in [5, 5.41) is 0. The lowest BCUT2D eigenvalue weighted by molar-refractivity contribution is -0.00928. The van der Waals surface area contributed by atoms with Crippen molar-refractivity contribution in [1.82, 2.24) is 14.7 Å². The van der Waals surface area contributed by atoms with Gasteiger partial charge in [-0.3, -0.25) is 0 Å². The highest BCUT2D eigenvalue weighted by Gasteiger charge is 2.35. The third-order valence-electron chi connectivity index (χ3n) is 5.59. The summed E-state index contributed by atoms with van der Waals surface area (Å²) in [5.74, 6) is 0.629. The number of hydrogen-bond acceptors (Lipinski definition) is 4. The van der Waals surface area contributed by atoms with Gasteiger partial charge in [0.2, 0.25) is 0 Å². The molecule has 3 saturated heterocycles. The first-order valence-corrected chi connectivity index (χ1v) is 9.85. The van der Waals surface area contributed by atoms with E-state index in [-0.39, 0.29) is 6.09 Å². The Morgan fingerprint density at radius 2 is 1.62 bits per heavy atom. The number of carbonyl (C=O) groups excluding carboxylic acids is 1. The van der Waals surface area contributed by atoms with Crippen molar-refractivity contribution in [2.24, 2.45) is 5.92 Å². The van der Waals surface area contributed by atoms with E-state index < -0.39 is 5.60 Å². The third kappa shape index (κ3) is 4.85. The largest absolute Gasteiger partial charge is 0.444 e. The number of hydrogen-bond donors (Lipinski definition) is 0. The van der Waals surface area contributed by atoms with E-state index in [0.29, 0.717) is 5.92 Å². The number of piperidine rings is 2. The molecule has 0 aliphatic carbocycles. The molecular formula is C19H35N3O2. The Morgan fingerprint density at radius 1 is 1.00 bits per heavy atom. The number of carbonyl (C=O) groups is 1. The van der Waals surface area contributed by atoms with Crippen LogP contribution in [0.2, 0.25) is 0 Å². The van der Waals surface area contributed by atoms with Crippen molar-refractivity contribution in [2.45, 2.75) is 64.5 Å². The van der Waals surface area contributed by atoms with E-state index in [4.69, 9.17) is 4.74 Å². The summed E-state index contributed by atoms with van der Waals surface area (Å²) in [5.41, 5.74) is -0.390. The molecule has 3 rings (SSSR count). The first-order valence-electron chi connectivity index (χ1n) is 9.85. The van der Waals surface area contributed by atoms with Crippen LogP contribution >= 0.6 is 0 Å². The molecule has 0 saturated carbocycles. The lowest BCUT2D eigenvalue weighted by Crippen LogP contribution is -2.56. The van der Waals surface area contributed by atoms with Gasteiger partial charge >= 0.3 is 6.09 Å². The van der Waals surface area contributed by atoms with Crippen LogP contribution < -0.4 is 0 Å². The lowest BCUT2D eigenvalue weighted by atomic mass is 9.96. The Morgan fingerprint density at radius 3 is 2.21 bits per heavy atom. The van der Waals surface area contributed by atoms with Crippen LogP contribution in [-0.4, -0.2) is 78.2 Å². The first-order chi connectivity index (χ1) is 11.4. The van der Waals surface area contributed by atoms with Crippen LogP contribution in [0.25, 0.3) is 0 Å². The van der Waals surface area contributed by atoms with Crippen molar-refractivity contribution in [3.8, 4) is 0 Å². The van der Waals surface area contributed by atoms with Crippen LogP contribution in [0.5, 0.6) is 0 Å². The smallest absolute Gasteiger partial charge is 0.410 e. The van der Waals surface area contributed by atoms with Crippen LogP contribution in [0.15, 0.2) is 0 Å². The van der Waals surface area contributed by atoms with Gasteiger partial charge in [0.25, 0.3) is 0 Å². The van der Waals surface area contributed by atoms with Gasteiger partial charge in [-0.2, -0.15) is 0 Å². The molecule has 3 heterocycles. The maximum Gasteiger partial charge on any atom is 0.410 e. The Labute approximate surface area is 147 Å². The Bertz CT molecular complexity index is 415. The summed E-state index contributed by atoms with van der Waals surface area (Å²) in [6, 6.07) is 0.821. The zero-order valence-electron chi connectivity index (χ0n) is 15.8. The predicted molar refractivity (Wildman–Crippen MR) is 96.2 cm³/mol. The van der Waals surface area contributed by atoms with Gasteiger partial charge in [0, 0.05) is 31.6 Å². The summed E-state index contributed by atoms with van der Waals surface area (Å²) in [4.78, 5) is 19.2. The maximum absolute atomic E-state index is 12.0. The third-order valence-corrected chi connectivity index (χ3v) is 5.59. The highest BCUT2D eigenvalue weighted by molar-refractivity contribution is 5.69. The Balaban J connectivity index is 1.32. The molecule has 0 radical (unpaired) electrons. The molecule has 138 valence electrons. The molecule has 0 bridgehead atoms. The molecule has 3 aliphatic rings. The van der Waals surface area contributed by atoms with E-state index in [1.807, 2.05) is 25.7 Å². The van der Waals surface area contributed by atoms with Crippen molar-refractivity contribution in [3.63, 3.8) is 0 Å². The molecule has 3 aliphatic heterocycles. The molecule has 24 heavy (non-hydrogen) atoms. The SMILES string of the molecule is CC(C)(C)OC(=O)N1CC(CN2CCC(N3CCCCC3)CC2)C1. The standard InChI is InChI=1S/C19H35N3O2/c1-19(2,3)24-18(23)22-14-16(15-22)13-20-11-7-17(8-12-20)21-9-5-4-6-10-21/h16-17H,4-15H2,1-3H3. The van der Waals surface area contributed by atoms with Gasteiger partial charge < -0.3 is 19.4 Å². The normalized spacial score (nSPS) is 25.5. The Kier molecular flexibility index (Phi) is 5.70. The van der Waals surface area contributed by atoms with E-state index in [1.54, 1.807) is 0 Å². The number of likely N-dealkylation sites (tertiary alicyclic amines) is 3. The molecule has 0 unspecified atom stereocenters. The summed E-state index contributed by atoms with van der Waals surface area (Å²) < 4.78 is 5.43. The molecule has 0 aromatic heterocycles. The van der Waals surface area contributed by atoms with Crippen LogP contribution in [0.3, 0.4) is 0 Å². The summed E-state index contributed by atoms with van der Waals surface area (Å²) in [6.45, 7) is 13.7. The number of amides is 1. The fourth-order valence-electron chi connectivity index (χ4n) is 4.28. The molecular weight excluding hydrogens is 302 g/mol. The van der Waals surface area contributed by atoms with E-state index >= 15 is 0 Å². The molecule has 0 aromatic carbocycles. The summed E-state index contributed by atoms with van der Waals surface area (Å²) in [7, 11) is 0. The van der Waals surface area contributed by atoms with E-state index in [1.165, 1.54) is 58.3 Å². The molecule has 0 aromatic rings. The highest BCUT2D eigenvalue weighted by Crippen LogP contribution is 2.24. The van der Waals surface area contributed by atoms with Gasteiger partial charge in [0.05, 0.1) is 0 Å². The molecule has 1 amide bonds. The maximum atomic E-state index is 12.0. The molecule has 3 fully saturated rings. The number of rotatable bonds is 3. The highest BCUT2D eigenvalue weighted by atomic mass is 16.6. The fraction of sp³-hybridized carbons (Fsp3) is 0.947. The van der Waals surface area contributed by atoms with E-state index in [9.17, 15) is 4.79 Å². The van der Waals surface area contributed by atoms with E-state index in [0.717, 1.165) is 25.7 Å². The van der Waals surface area contributed by atoms with Gasteiger partial charge in [0.1, 0.15) is 5.60 Å². The lowest BCUT2D eigenvalue weighted by Gasteiger charge is -2.44. The second-order valence-electron chi connectivity index (χ2n) is 8.88. The van der Waals surface area contributed by atoms with Gasteiger partial charge in [-0.15, -0.1) is 0 Å². The Hall–Kier alpha value is -0.810. The quantitative estimate of drug-likeness (QED) is 0.793. The molecule has 5 heteroatoms. The number of nitrogens with zero attached hydrogens (tertiary/aromatic N) is 3. The van der Waals surface area contributed by atoms with Crippen molar-refractivity contribution < 1.29 is 9.53 Å². The van der Waals surface area contributed by atoms with Crippen molar-refractivity contribution in [1.29, 1.82) is 0 Å². The minimum atomic E-state index is -0.390. The fourth-order valence-corrected chi connectivity index (χ4v) is 4.28. The van der Waals surface area contributed by atoms with E-state index in [2.05, 4.69) is 9.80 Å². The molecule has 0 atom stereocenters. The topological polar surface area (TPSA) is 36.0 Å². The van der Waals surface area contributed by atoms with Crippen LogP contribution in [0.1, 0.15) is 52.9 Å². The van der Waals surface area contributed by atoms with Crippen LogP contribution in [0.4, 0.5) is 4.79 Å². The van der Waals surface area contributed by atoms with Gasteiger partial charge in [-0.25, -0.2) is 4.79 Å².